The Bertz CT molecular complexity index is 395. The van der Waals surface area contributed by atoms with Gasteiger partial charge in [0.2, 0.25) is 0 Å². The van der Waals surface area contributed by atoms with Crippen molar-refractivity contribution in [2.24, 2.45) is 0 Å². The molecule has 4 nitrogen and oxygen atoms in total. The molecule has 1 aromatic heterocycles. The van der Waals surface area contributed by atoms with Crippen molar-refractivity contribution in [1.29, 1.82) is 0 Å². The zero-order valence-electron chi connectivity index (χ0n) is 11.6. The highest BCUT2D eigenvalue weighted by atomic mass is 16.5. The molecule has 1 aromatic rings. The molecule has 0 aromatic carbocycles. The summed E-state index contributed by atoms with van der Waals surface area (Å²) in [4.78, 5) is 18.3. The maximum Gasteiger partial charge on any atom is 0.339 e. The average Bonchev–Trinajstić information content (AvgIpc) is 2.39. The fourth-order valence-corrected chi connectivity index (χ4v) is 2.38. The number of esters is 1. The van der Waals surface area contributed by atoms with Crippen molar-refractivity contribution in [1.82, 2.24) is 4.98 Å². The van der Waals surface area contributed by atoms with Crippen LogP contribution in [0.3, 0.4) is 0 Å². The van der Waals surface area contributed by atoms with Gasteiger partial charge in [-0.3, -0.25) is 0 Å². The normalized spacial score (nSPS) is 16.6. The third-order valence-corrected chi connectivity index (χ3v) is 3.44. The predicted molar refractivity (Wildman–Crippen MR) is 75.5 cm³/mol. The molecule has 0 unspecified atom stereocenters. The Morgan fingerprint density at radius 3 is 2.47 bits per heavy atom. The number of pyridine rings is 1. The van der Waals surface area contributed by atoms with Crippen LogP contribution in [0.4, 0.5) is 5.82 Å². The van der Waals surface area contributed by atoms with E-state index >= 15 is 0 Å². The van der Waals surface area contributed by atoms with Crippen molar-refractivity contribution in [3.63, 3.8) is 0 Å². The van der Waals surface area contributed by atoms with E-state index in [-0.39, 0.29) is 5.97 Å². The molecule has 0 bridgehead atoms. The molecule has 1 aliphatic rings. The van der Waals surface area contributed by atoms with E-state index in [0.29, 0.717) is 12.2 Å². The minimum Gasteiger partial charge on any atom is -0.462 e. The van der Waals surface area contributed by atoms with Gasteiger partial charge in [0, 0.05) is 19.3 Å². The molecule has 0 saturated carbocycles. The summed E-state index contributed by atoms with van der Waals surface area (Å²) in [6, 6.07) is 3.73. The second kappa shape index (κ2) is 7.12. The summed E-state index contributed by atoms with van der Waals surface area (Å²) >= 11 is 0. The molecular formula is C15H22N2O2. The van der Waals surface area contributed by atoms with Gasteiger partial charge in [0.25, 0.3) is 0 Å². The first-order valence-corrected chi connectivity index (χ1v) is 7.19. The van der Waals surface area contributed by atoms with Crippen LogP contribution in [0, 0.1) is 0 Å². The summed E-state index contributed by atoms with van der Waals surface area (Å²) in [7, 11) is 0. The van der Waals surface area contributed by atoms with Gasteiger partial charge in [-0.15, -0.1) is 0 Å². The van der Waals surface area contributed by atoms with Crippen molar-refractivity contribution in [3.05, 3.63) is 23.9 Å². The van der Waals surface area contributed by atoms with E-state index in [2.05, 4.69) is 9.88 Å². The number of carbonyl (C=O) groups is 1. The maximum absolute atomic E-state index is 11.6. The van der Waals surface area contributed by atoms with Crippen molar-refractivity contribution in [2.45, 2.75) is 39.0 Å². The molecule has 1 fully saturated rings. The number of rotatable bonds is 3. The summed E-state index contributed by atoms with van der Waals surface area (Å²) in [6.45, 7) is 4.32. The first kappa shape index (κ1) is 13.8. The van der Waals surface area contributed by atoms with Crippen LogP contribution in [0.15, 0.2) is 18.3 Å². The summed E-state index contributed by atoms with van der Waals surface area (Å²) in [5, 5.41) is 0. The number of nitrogens with zero attached hydrogens (tertiary/aromatic N) is 2. The van der Waals surface area contributed by atoms with E-state index in [9.17, 15) is 4.79 Å². The molecule has 0 aliphatic carbocycles. The summed E-state index contributed by atoms with van der Waals surface area (Å²) < 4.78 is 4.96. The zero-order valence-corrected chi connectivity index (χ0v) is 11.6. The standard InChI is InChI=1S/C15H22N2O2/c1-2-19-15(18)13-8-9-14(16-12-13)17-10-6-4-3-5-7-11-17/h8-9,12H,2-7,10-11H2,1H3. The molecule has 2 heterocycles. The topological polar surface area (TPSA) is 42.4 Å². The zero-order chi connectivity index (χ0) is 13.5. The minimum atomic E-state index is -0.297. The van der Waals surface area contributed by atoms with Crippen LogP contribution >= 0.6 is 0 Å². The van der Waals surface area contributed by atoms with Gasteiger partial charge in [-0.05, 0) is 31.9 Å². The number of hydrogen-bond donors (Lipinski definition) is 0. The molecule has 2 rings (SSSR count). The quantitative estimate of drug-likeness (QED) is 0.785. The first-order valence-electron chi connectivity index (χ1n) is 7.19. The van der Waals surface area contributed by atoms with E-state index in [1.165, 1.54) is 32.1 Å². The van der Waals surface area contributed by atoms with Crippen LogP contribution in [-0.2, 0) is 4.74 Å². The fourth-order valence-electron chi connectivity index (χ4n) is 2.38. The van der Waals surface area contributed by atoms with Crippen molar-refractivity contribution in [2.75, 3.05) is 24.6 Å². The minimum absolute atomic E-state index is 0.297. The monoisotopic (exact) mass is 262 g/mol. The number of ether oxygens (including phenoxy) is 1. The van der Waals surface area contributed by atoms with Crippen molar-refractivity contribution in [3.8, 4) is 0 Å². The van der Waals surface area contributed by atoms with E-state index in [0.717, 1.165) is 18.9 Å². The SMILES string of the molecule is CCOC(=O)c1ccc(N2CCCCCCC2)nc1. The third-order valence-electron chi connectivity index (χ3n) is 3.44. The predicted octanol–water partition coefficient (Wildman–Crippen LogP) is 3.03. The molecule has 4 heteroatoms. The summed E-state index contributed by atoms with van der Waals surface area (Å²) in [5.41, 5.74) is 0.526. The fraction of sp³-hybridized carbons (Fsp3) is 0.600. The Morgan fingerprint density at radius 2 is 1.89 bits per heavy atom. The van der Waals surface area contributed by atoms with Gasteiger partial charge in [0.15, 0.2) is 0 Å². The molecule has 104 valence electrons. The Balaban J connectivity index is 2.01. The molecule has 0 amide bonds. The third kappa shape index (κ3) is 3.94. The van der Waals surface area contributed by atoms with E-state index in [1.807, 2.05) is 6.07 Å². The molecule has 19 heavy (non-hydrogen) atoms. The summed E-state index contributed by atoms with van der Waals surface area (Å²) in [5.74, 6) is 0.671. The highest BCUT2D eigenvalue weighted by Crippen LogP contribution is 2.17. The lowest BCUT2D eigenvalue weighted by atomic mass is 10.1. The molecule has 0 spiro atoms. The van der Waals surface area contributed by atoms with Crippen molar-refractivity contribution >= 4 is 11.8 Å². The van der Waals surface area contributed by atoms with Gasteiger partial charge in [-0.25, -0.2) is 9.78 Å². The molecule has 1 saturated heterocycles. The number of aromatic nitrogens is 1. The van der Waals surface area contributed by atoms with Crippen molar-refractivity contribution < 1.29 is 9.53 Å². The molecular weight excluding hydrogens is 240 g/mol. The van der Waals surface area contributed by atoms with Crippen LogP contribution in [-0.4, -0.2) is 30.6 Å². The van der Waals surface area contributed by atoms with Gasteiger partial charge >= 0.3 is 5.97 Å². The molecule has 0 N–H and O–H groups in total. The van der Waals surface area contributed by atoms with Crippen LogP contribution in [0.1, 0.15) is 49.4 Å². The number of hydrogen-bond acceptors (Lipinski definition) is 4. The molecule has 0 radical (unpaired) electrons. The van der Waals surface area contributed by atoms with Gasteiger partial charge in [0.1, 0.15) is 5.82 Å². The second-order valence-electron chi connectivity index (χ2n) is 4.88. The maximum atomic E-state index is 11.6. The van der Waals surface area contributed by atoms with E-state index in [1.54, 1.807) is 19.2 Å². The van der Waals surface area contributed by atoms with Crippen LogP contribution in [0.2, 0.25) is 0 Å². The van der Waals surface area contributed by atoms with Crippen LogP contribution < -0.4 is 4.90 Å². The Kier molecular flexibility index (Phi) is 5.19. The molecule has 0 atom stereocenters. The van der Waals surface area contributed by atoms with Crippen LogP contribution in [0.25, 0.3) is 0 Å². The van der Waals surface area contributed by atoms with Gasteiger partial charge in [-0.1, -0.05) is 19.3 Å². The highest BCUT2D eigenvalue weighted by molar-refractivity contribution is 5.89. The average molecular weight is 262 g/mol. The Hall–Kier alpha value is -1.58. The largest absolute Gasteiger partial charge is 0.462 e. The van der Waals surface area contributed by atoms with E-state index < -0.39 is 0 Å². The smallest absolute Gasteiger partial charge is 0.339 e. The highest BCUT2D eigenvalue weighted by Gasteiger charge is 2.12. The van der Waals surface area contributed by atoms with Gasteiger partial charge < -0.3 is 9.64 Å². The van der Waals surface area contributed by atoms with E-state index in [4.69, 9.17) is 4.74 Å². The number of anilines is 1. The molecule has 1 aliphatic heterocycles. The first-order chi connectivity index (χ1) is 9.31. The number of carbonyl (C=O) groups excluding carboxylic acids is 1. The van der Waals surface area contributed by atoms with Crippen LogP contribution in [0.5, 0.6) is 0 Å². The lowest BCUT2D eigenvalue weighted by Gasteiger charge is -2.25. The Labute approximate surface area is 114 Å². The van der Waals surface area contributed by atoms with Gasteiger partial charge in [-0.2, -0.15) is 0 Å². The van der Waals surface area contributed by atoms with Gasteiger partial charge in [0.05, 0.1) is 12.2 Å². The Morgan fingerprint density at radius 1 is 1.21 bits per heavy atom. The second-order valence-corrected chi connectivity index (χ2v) is 4.88. The lowest BCUT2D eigenvalue weighted by Crippen LogP contribution is -2.27. The summed E-state index contributed by atoms with van der Waals surface area (Å²) in [6.07, 6.45) is 8.02. The lowest BCUT2D eigenvalue weighted by molar-refractivity contribution is 0.0526.